The van der Waals surface area contributed by atoms with Gasteiger partial charge in [-0.25, -0.2) is 14.4 Å². The smallest absolute Gasteiger partial charge is 0.145 e. The Balaban J connectivity index is 2.27. The van der Waals surface area contributed by atoms with Crippen molar-refractivity contribution in [1.29, 1.82) is 0 Å². The van der Waals surface area contributed by atoms with Crippen molar-refractivity contribution in [2.75, 3.05) is 0 Å². The molecule has 5 heteroatoms. The Kier molecular flexibility index (Phi) is 2.52. The quantitative estimate of drug-likeness (QED) is 0.629. The molecule has 0 atom stereocenters. The SMILES string of the molecule is Cn1c(-c2ccc(F)cc2)cc2c(Cl)ncnc21. The highest BCUT2D eigenvalue weighted by Crippen LogP contribution is 2.29. The zero-order chi connectivity index (χ0) is 12.7. The van der Waals surface area contributed by atoms with Gasteiger partial charge in [-0.3, -0.25) is 0 Å². The summed E-state index contributed by atoms with van der Waals surface area (Å²) in [6.45, 7) is 0. The average Bonchev–Trinajstić information content (AvgIpc) is 2.70. The molecule has 2 aromatic heterocycles. The van der Waals surface area contributed by atoms with E-state index in [1.54, 1.807) is 12.1 Å². The van der Waals surface area contributed by atoms with E-state index < -0.39 is 0 Å². The van der Waals surface area contributed by atoms with Gasteiger partial charge in [0.05, 0.1) is 11.1 Å². The van der Waals surface area contributed by atoms with Gasteiger partial charge in [0.2, 0.25) is 0 Å². The molecule has 3 rings (SSSR count). The summed E-state index contributed by atoms with van der Waals surface area (Å²) in [7, 11) is 1.89. The van der Waals surface area contributed by atoms with Crippen LogP contribution in [0.5, 0.6) is 0 Å². The predicted octanol–water partition coefficient (Wildman–Crippen LogP) is 3.43. The molecular formula is C13H9ClFN3. The summed E-state index contributed by atoms with van der Waals surface area (Å²) >= 11 is 6.03. The maximum atomic E-state index is 12.9. The molecule has 0 aliphatic carbocycles. The summed E-state index contributed by atoms with van der Waals surface area (Å²) in [6, 6.07) is 8.22. The van der Waals surface area contributed by atoms with Crippen molar-refractivity contribution in [3.05, 3.63) is 47.6 Å². The lowest BCUT2D eigenvalue weighted by atomic mass is 10.1. The molecule has 90 valence electrons. The van der Waals surface area contributed by atoms with Crippen molar-refractivity contribution in [2.45, 2.75) is 0 Å². The van der Waals surface area contributed by atoms with Gasteiger partial charge >= 0.3 is 0 Å². The van der Waals surface area contributed by atoms with Gasteiger partial charge in [-0.2, -0.15) is 0 Å². The number of aryl methyl sites for hydroxylation is 1. The highest BCUT2D eigenvalue weighted by atomic mass is 35.5. The lowest BCUT2D eigenvalue weighted by Crippen LogP contribution is -1.93. The van der Waals surface area contributed by atoms with Gasteiger partial charge in [-0.05, 0) is 35.9 Å². The van der Waals surface area contributed by atoms with Crippen molar-refractivity contribution in [3.8, 4) is 11.3 Å². The van der Waals surface area contributed by atoms with E-state index in [4.69, 9.17) is 11.6 Å². The van der Waals surface area contributed by atoms with Crippen LogP contribution in [-0.4, -0.2) is 14.5 Å². The van der Waals surface area contributed by atoms with Gasteiger partial charge < -0.3 is 4.57 Å². The highest BCUT2D eigenvalue weighted by Gasteiger charge is 2.11. The van der Waals surface area contributed by atoms with E-state index in [0.29, 0.717) is 5.15 Å². The number of halogens is 2. The first-order chi connectivity index (χ1) is 8.66. The van der Waals surface area contributed by atoms with E-state index in [1.165, 1.54) is 18.5 Å². The number of fused-ring (bicyclic) bond motifs is 1. The molecule has 3 nitrogen and oxygen atoms in total. The average molecular weight is 262 g/mol. The molecule has 0 unspecified atom stereocenters. The minimum Gasteiger partial charge on any atom is -0.328 e. The van der Waals surface area contributed by atoms with Crippen LogP contribution in [0.1, 0.15) is 0 Å². The van der Waals surface area contributed by atoms with E-state index >= 15 is 0 Å². The number of rotatable bonds is 1. The van der Waals surface area contributed by atoms with Gasteiger partial charge in [-0.1, -0.05) is 11.6 Å². The van der Waals surface area contributed by atoms with Crippen LogP contribution in [0.15, 0.2) is 36.7 Å². The molecule has 0 amide bonds. The lowest BCUT2D eigenvalue weighted by molar-refractivity contribution is 0.628. The second-order valence-electron chi connectivity index (χ2n) is 4.00. The summed E-state index contributed by atoms with van der Waals surface area (Å²) in [5, 5.41) is 1.21. The first-order valence-corrected chi connectivity index (χ1v) is 5.76. The summed E-state index contributed by atoms with van der Waals surface area (Å²) < 4.78 is 14.8. The molecule has 2 heterocycles. The Labute approximate surface area is 108 Å². The molecule has 0 aliphatic rings. The Bertz CT molecular complexity index is 719. The van der Waals surface area contributed by atoms with E-state index in [1.807, 2.05) is 17.7 Å². The summed E-state index contributed by atoms with van der Waals surface area (Å²) in [5.41, 5.74) is 2.59. The molecular weight excluding hydrogens is 253 g/mol. The first kappa shape index (κ1) is 11.2. The summed E-state index contributed by atoms with van der Waals surface area (Å²) in [5.74, 6) is -0.254. The molecule has 0 aliphatic heterocycles. The van der Waals surface area contributed by atoms with Crippen LogP contribution in [0.4, 0.5) is 4.39 Å². The van der Waals surface area contributed by atoms with E-state index in [-0.39, 0.29) is 5.82 Å². The lowest BCUT2D eigenvalue weighted by Gasteiger charge is -2.03. The number of hydrogen-bond donors (Lipinski definition) is 0. The first-order valence-electron chi connectivity index (χ1n) is 5.38. The second kappa shape index (κ2) is 4.07. The fraction of sp³-hybridized carbons (Fsp3) is 0.0769. The maximum absolute atomic E-state index is 12.9. The standard InChI is InChI=1S/C13H9ClFN3/c1-18-11(8-2-4-9(15)5-3-8)6-10-12(14)16-7-17-13(10)18/h2-7H,1H3. The van der Waals surface area contributed by atoms with Crippen LogP contribution < -0.4 is 0 Å². The monoisotopic (exact) mass is 261 g/mol. The van der Waals surface area contributed by atoms with E-state index in [2.05, 4.69) is 9.97 Å². The van der Waals surface area contributed by atoms with Gasteiger partial charge in [-0.15, -0.1) is 0 Å². The molecule has 0 bridgehead atoms. The molecule has 0 radical (unpaired) electrons. The Morgan fingerprint density at radius 3 is 2.56 bits per heavy atom. The van der Waals surface area contributed by atoms with Crippen molar-refractivity contribution >= 4 is 22.6 Å². The maximum Gasteiger partial charge on any atom is 0.145 e. The third kappa shape index (κ3) is 1.66. The van der Waals surface area contributed by atoms with Crippen molar-refractivity contribution < 1.29 is 4.39 Å². The Hall–Kier alpha value is -1.94. The third-order valence-corrected chi connectivity index (χ3v) is 3.22. The number of nitrogens with zero attached hydrogens (tertiary/aromatic N) is 3. The van der Waals surface area contributed by atoms with Crippen LogP contribution >= 0.6 is 11.6 Å². The van der Waals surface area contributed by atoms with Gasteiger partial charge in [0.15, 0.2) is 0 Å². The van der Waals surface area contributed by atoms with Crippen molar-refractivity contribution in [3.63, 3.8) is 0 Å². The fourth-order valence-corrected chi connectivity index (χ4v) is 2.18. The fourth-order valence-electron chi connectivity index (χ4n) is 2.00. The zero-order valence-corrected chi connectivity index (χ0v) is 10.3. The summed E-state index contributed by atoms with van der Waals surface area (Å²) in [4.78, 5) is 8.15. The van der Waals surface area contributed by atoms with Crippen LogP contribution in [0, 0.1) is 5.82 Å². The molecule has 0 saturated heterocycles. The van der Waals surface area contributed by atoms with Gasteiger partial charge in [0, 0.05) is 7.05 Å². The van der Waals surface area contributed by atoms with Crippen molar-refractivity contribution in [2.24, 2.45) is 7.05 Å². The zero-order valence-electron chi connectivity index (χ0n) is 9.56. The number of aromatic nitrogens is 3. The summed E-state index contributed by atoms with van der Waals surface area (Å²) in [6.07, 6.45) is 1.43. The van der Waals surface area contributed by atoms with Crippen LogP contribution in [0.2, 0.25) is 5.15 Å². The van der Waals surface area contributed by atoms with Crippen LogP contribution in [0.25, 0.3) is 22.3 Å². The number of benzene rings is 1. The minimum absolute atomic E-state index is 0.254. The van der Waals surface area contributed by atoms with Crippen LogP contribution in [0.3, 0.4) is 0 Å². The molecule has 0 N–H and O–H groups in total. The van der Waals surface area contributed by atoms with Gasteiger partial charge in [0.1, 0.15) is 22.9 Å². The molecule has 18 heavy (non-hydrogen) atoms. The van der Waals surface area contributed by atoms with Gasteiger partial charge in [0.25, 0.3) is 0 Å². The Morgan fingerprint density at radius 1 is 1.17 bits per heavy atom. The third-order valence-electron chi connectivity index (χ3n) is 2.91. The van der Waals surface area contributed by atoms with Crippen LogP contribution in [-0.2, 0) is 7.05 Å². The van der Waals surface area contributed by atoms with Crippen molar-refractivity contribution in [1.82, 2.24) is 14.5 Å². The molecule has 3 aromatic rings. The molecule has 0 fully saturated rings. The minimum atomic E-state index is -0.254. The van der Waals surface area contributed by atoms with E-state index in [9.17, 15) is 4.39 Å². The van der Waals surface area contributed by atoms with E-state index in [0.717, 1.165) is 22.3 Å². The second-order valence-corrected chi connectivity index (χ2v) is 4.36. The molecule has 1 aromatic carbocycles. The number of hydrogen-bond acceptors (Lipinski definition) is 2. The largest absolute Gasteiger partial charge is 0.328 e. The predicted molar refractivity (Wildman–Crippen MR) is 68.9 cm³/mol. The molecule has 0 spiro atoms. The topological polar surface area (TPSA) is 30.7 Å². The highest BCUT2D eigenvalue weighted by molar-refractivity contribution is 6.34. The Morgan fingerprint density at radius 2 is 1.89 bits per heavy atom. The normalized spacial score (nSPS) is 11.1. The molecule has 0 saturated carbocycles.